The fourth-order valence-corrected chi connectivity index (χ4v) is 2.26. The zero-order chi connectivity index (χ0) is 13.8. The first-order valence-corrected chi connectivity index (χ1v) is 6.84. The standard InChI is InChI=1S/C14H13NO3S/c1-9-7-10(3-4-13(9)19-2)18-12-8-15-6-5-11(12)14(16)17/h3-8H,1-2H3,(H,16,17). The molecule has 4 nitrogen and oxygen atoms in total. The third-order valence-corrected chi connectivity index (χ3v) is 3.51. The summed E-state index contributed by atoms with van der Waals surface area (Å²) < 4.78 is 5.60. The topological polar surface area (TPSA) is 59.4 Å². The fraction of sp³-hybridized carbons (Fsp3) is 0.143. The highest BCUT2D eigenvalue weighted by atomic mass is 32.2. The van der Waals surface area contributed by atoms with Gasteiger partial charge in [-0.2, -0.15) is 0 Å². The summed E-state index contributed by atoms with van der Waals surface area (Å²) >= 11 is 1.66. The van der Waals surface area contributed by atoms with Crippen molar-refractivity contribution in [2.24, 2.45) is 0 Å². The lowest BCUT2D eigenvalue weighted by atomic mass is 10.2. The second kappa shape index (κ2) is 5.75. The first-order valence-electron chi connectivity index (χ1n) is 5.61. The van der Waals surface area contributed by atoms with Crippen LogP contribution in [0.4, 0.5) is 0 Å². The number of thioether (sulfide) groups is 1. The van der Waals surface area contributed by atoms with E-state index in [4.69, 9.17) is 9.84 Å². The molecule has 0 atom stereocenters. The molecule has 0 amide bonds. The van der Waals surface area contributed by atoms with Crippen LogP contribution in [0, 0.1) is 6.92 Å². The number of benzene rings is 1. The van der Waals surface area contributed by atoms with E-state index < -0.39 is 5.97 Å². The average molecular weight is 275 g/mol. The molecule has 0 saturated carbocycles. The average Bonchev–Trinajstić information content (AvgIpc) is 2.39. The van der Waals surface area contributed by atoms with E-state index in [2.05, 4.69) is 4.98 Å². The summed E-state index contributed by atoms with van der Waals surface area (Å²) in [6, 6.07) is 7.06. The summed E-state index contributed by atoms with van der Waals surface area (Å²) in [4.78, 5) is 16.1. The molecule has 0 spiro atoms. The minimum atomic E-state index is -1.03. The van der Waals surface area contributed by atoms with Crippen LogP contribution >= 0.6 is 11.8 Å². The van der Waals surface area contributed by atoms with Gasteiger partial charge in [0.15, 0.2) is 5.75 Å². The Morgan fingerprint density at radius 2 is 2.16 bits per heavy atom. The normalized spacial score (nSPS) is 10.2. The Morgan fingerprint density at radius 1 is 1.37 bits per heavy atom. The third-order valence-electron chi connectivity index (χ3n) is 2.61. The molecule has 0 aliphatic heterocycles. The van der Waals surface area contributed by atoms with E-state index in [9.17, 15) is 4.79 Å². The molecule has 0 aliphatic rings. The number of hydrogen-bond donors (Lipinski definition) is 1. The Hall–Kier alpha value is -2.01. The number of ether oxygens (including phenoxy) is 1. The third kappa shape index (κ3) is 3.06. The lowest BCUT2D eigenvalue weighted by Gasteiger charge is -2.10. The van der Waals surface area contributed by atoms with E-state index in [0.29, 0.717) is 5.75 Å². The van der Waals surface area contributed by atoms with Crippen LogP contribution in [0.25, 0.3) is 0 Å². The van der Waals surface area contributed by atoms with Gasteiger partial charge < -0.3 is 9.84 Å². The molecule has 0 radical (unpaired) electrons. The Morgan fingerprint density at radius 3 is 2.79 bits per heavy atom. The second-order valence-corrected chi connectivity index (χ2v) is 4.76. The van der Waals surface area contributed by atoms with Crippen molar-refractivity contribution in [1.82, 2.24) is 4.98 Å². The van der Waals surface area contributed by atoms with Crippen molar-refractivity contribution >= 4 is 17.7 Å². The quantitative estimate of drug-likeness (QED) is 0.864. The minimum absolute atomic E-state index is 0.0987. The number of nitrogens with zero attached hydrogens (tertiary/aromatic N) is 1. The van der Waals surface area contributed by atoms with Gasteiger partial charge in [-0.25, -0.2) is 4.79 Å². The van der Waals surface area contributed by atoms with Crippen LogP contribution in [0.5, 0.6) is 11.5 Å². The molecule has 5 heteroatoms. The lowest BCUT2D eigenvalue weighted by Crippen LogP contribution is -2.00. The van der Waals surface area contributed by atoms with Crippen molar-refractivity contribution in [2.45, 2.75) is 11.8 Å². The van der Waals surface area contributed by atoms with Gasteiger partial charge in [-0.1, -0.05) is 0 Å². The number of aromatic nitrogens is 1. The van der Waals surface area contributed by atoms with Gasteiger partial charge in [0.2, 0.25) is 0 Å². The zero-order valence-corrected chi connectivity index (χ0v) is 11.4. The van der Waals surface area contributed by atoms with Crippen molar-refractivity contribution < 1.29 is 14.6 Å². The minimum Gasteiger partial charge on any atom is -0.478 e. The van der Waals surface area contributed by atoms with E-state index in [0.717, 1.165) is 10.5 Å². The van der Waals surface area contributed by atoms with Crippen LogP contribution in [0.3, 0.4) is 0 Å². The Bertz CT molecular complexity index is 613. The van der Waals surface area contributed by atoms with Crippen LogP contribution in [0.2, 0.25) is 0 Å². The SMILES string of the molecule is CSc1ccc(Oc2cnccc2C(=O)O)cc1C. The van der Waals surface area contributed by atoms with Crippen LogP contribution < -0.4 is 4.74 Å². The van der Waals surface area contributed by atoms with Crippen molar-refractivity contribution in [3.8, 4) is 11.5 Å². The molecular weight excluding hydrogens is 262 g/mol. The number of carboxylic acids is 1. The number of rotatable bonds is 4. The van der Waals surface area contributed by atoms with Gasteiger partial charge in [-0.15, -0.1) is 11.8 Å². The number of pyridine rings is 1. The number of aromatic carboxylic acids is 1. The first kappa shape index (κ1) is 13.4. The van der Waals surface area contributed by atoms with Crippen molar-refractivity contribution in [1.29, 1.82) is 0 Å². The van der Waals surface area contributed by atoms with E-state index in [1.54, 1.807) is 11.8 Å². The van der Waals surface area contributed by atoms with E-state index >= 15 is 0 Å². The summed E-state index contributed by atoms with van der Waals surface area (Å²) in [6.07, 6.45) is 4.84. The Balaban J connectivity index is 2.31. The summed E-state index contributed by atoms with van der Waals surface area (Å²) in [6.45, 7) is 1.99. The zero-order valence-electron chi connectivity index (χ0n) is 10.6. The molecule has 0 fully saturated rings. The summed E-state index contributed by atoms with van der Waals surface area (Å²) in [5, 5.41) is 9.07. The van der Waals surface area contributed by atoms with Crippen LogP contribution in [-0.4, -0.2) is 22.3 Å². The highest BCUT2D eigenvalue weighted by Crippen LogP contribution is 2.28. The van der Waals surface area contributed by atoms with E-state index in [1.165, 1.54) is 18.5 Å². The number of aryl methyl sites for hydroxylation is 1. The first-order chi connectivity index (χ1) is 9.11. The van der Waals surface area contributed by atoms with Crippen LogP contribution in [0.1, 0.15) is 15.9 Å². The highest BCUT2D eigenvalue weighted by molar-refractivity contribution is 7.98. The molecule has 0 saturated heterocycles. The van der Waals surface area contributed by atoms with E-state index in [1.807, 2.05) is 31.4 Å². The van der Waals surface area contributed by atoms with Gasteiger partial charge in [0.25, 0.3) is 0 Å². The molecule has 0 unspecified atom stereocenters. The largest absolute Gasteiger partial charge is 0.478 e. The monoisotopic (exact) mass is 275 g/mol. The molecule has 0 aliphatic carbocycles. The summed E-state index contributed by atoms with van der Waals surface area (Å²) in [5.74, 6) is -0.188. The maximum absolute atomic E-state index is 11.1. The molecule has 1 aromatic heterocycles. The van der Waals surface area contributed by atoms with Crippen LogP contribution in [0.15, 0.2) is 41.6 Å². The molecule has 2 rings (SSSR count). The predicted molar refractivity (Wildman–Crippen MR) is 74.2 cm³/mol. The lowest BCUT2D eigenvalue weighted by molar-refractivity contribution is 0.0694. The molecule has 2 aromatic rings. The predicted octanol–water partition coefficient (Wildman–Crippen LogP) is 3.60. The maximum atomic E-state index is 11.1. The molecule has 1 heterocycles. The van der Waals surface area contributed by atoms with Crippen molar-refractivity contribution in [3.05, 3.63) is 47.8 Å². The van der Waals surface area contributed by atoms with Gasteiger partial charge in [0, 0.05) is 11.1 Å². The highest BCUT2D eigenvalue weighted by Gasteiger charge is 2.12. The fourth-order valence-electron chi connectivity index (χ4n) is 1.68. The number of carboxylic acid groups (broad SMARTS) is 1. The van der Waals surface area contributed by atoms with Gasteiger partial charge in [0.05, 0.1) is 6.20 Å². The van der Waals surface area contributed by atoms with Gasteiger partial charge in [0.1, 0.15) is 11.3 Å². The maximum Gasteiger partial charge on any atom is 0.339 e. The number of hydrogen-bond acceptors (Lipinski definition) is 4. The molecule has 98 valence electrons. The van der Waals surface area contributed by atoms with Gasteiger partial charge in [-0.3, -0.25) is 4.98 Å². The smallest absolute Gasteiger partial charge is 0.339 e. The number of carbonyl (C=O) groups is 1. The van der Waals surface area contributed by atoms with Gasteiger partial charge in [-0.05, 0) is 43.0 Å². The summed E-state index contributed by atoms with van der Waals surface area (Å²) in [5.41, 5.74) is 1.19. The molecule has 1 aromatic carbocycles. The summed E-state index contributed by atoms with van der Waals surface area (Å²) in [7, 11) is 0. The Kier molecular flexibility index (Phi) is 4.06. The molecular formula is C14H13NO3S. The molecule has 1 N–H and O–H groups in total. The molecule has 19 heavy (non-hydrogen) atoms. The van der Waals surface area contributed by atoms with Crippen molar-refractivity contribution in [2.75, 3.05) is 6.26 Å². The Labute approximate surface area is 115 Å². The molecule has 0 bridgehead atoms. The van der Waals surface area contributed by atoms with Crippen LogP contribution in [-0.2, 0) is 0 Å². The van der Waals surface area contributed by atoms with E-state index in [-0.39, 0.29) is 11.3 Å². The van der Waals surface area contributed by atoms with Crippen molar-refractivity contribution in [3.63, 3.8) is 0 Å². The second-order valence-electron chi connectivity index (χ2n) is 3.91. The van der Waals surface area contributed by atoms with Gasteiger partial charge >= 0.3 is 5.97 Å².